The summed E-state index contributed by atoms with van der Waals surface area (Å²) in [5, 5.41) is 8.31. The van der Waals surface area contributed by atoms with Crippen LogP contribution in [0.3, 0.4) is 0 Å². The fourth-order valence-corrected chi connectivity index (χ4v) is 2.99. The largest absolute Gasteiger partial charge is 0.370 e. The van der Waals surface area contributed by atoms with Crippen molar-refractivity contribution in [3.63, 3.8) is 0 Å². The monoisotopic (exact) mass is 290 g/mol. The summed E-state index contributed by atoms with van der Waals surface area (Å²) in [6, 6.07) is 1.91. The maximum Gasteiger partial charge on any atom is 0.228 e. The van der Waals surface area contributed by atoms with Crippen LogP contribution in [0.2, 0.25) is 0 Å². The van der Waals surface area contributed by atoms with Crippen molar-refractivity contribution in [3.05, 3.63) is 30.2 Å². The minimum atomic E-state index is -0.0142. The molecule has 0 N–H and O–H groups in total. The summed E-state index contributed by atoms with van der Waals surface area (Å²) in [5.74, 6) is 1.89. The van der Waals surface area contributed by atoms with Crippen LogP contribution < -0.4 is 0 Å². The molecule has 0 bridgehead atoms. The molecule has 1 fully saturated rings. The predicted molar refractivity (Wildman–Crippen MR) is 76.6 cm³/mol. The van der Waals surface area contributed by atoms with Crippen LogP contribution >= 0.6 is 0 Å². The van der Waals surface area contributed by atoms with Gasteiger partial charge in [-0.25, -0.2) is 0 Å². The molecule has 0 saturated heterocycles. The zero-order valence-corrected chi connectivity index (χ0v) is 12.4. The highest BCUT2D eigenvalue weighted by atomic mass is 16.5. The maximum absolute atomic E-state index is 5.87. The van der Waals surface area contributed by atoms with Crippen LogP contribution in [0.15, 0.2) is 23.0 Å². The number of aromatic nitrogens is 4. The SMILES string of the molecule is CCOC(c1noc(CCn2cccn2)n1)C1CCCC1. The Hall–Kier alpha value is -1.69. The van der Waals surface area contributed by atoms with E-state index in [2.05, 4.69) is 15.2 Å². The van der Waals surface area contributed by atoms with Gasteiger partial charge in [-0.3, -0.25) is 4.68 Å². The van der Waals surface area contributed by atoms with Crippen LogP contribution in [0.5, 0.6) is 0 Å². The molecule has 0 spiro atoms. The highest BCUT2D eigenvalue weighted by Crippen LogP contribution is 2.36. The molecular formula is C15H22N4O2. The van der Waals surface area contributed by atoms with Gasteiger partial charge in [-0.2, -0.15) is 10.1 Å². The highest BCUT2D eigenvalue weighted by molar-refractivity contribution is 4.96. The summed E-state index contributed by atoms with van der Waals surface area (Å²) in [6.07, 6.45) is 9.32. The topological polar surface area (TPSA) is 66.0 Å². The summed E-state index contributed by atoms with van der Waals surface area (Å²) >= 11 is 0. The Morgan fingerprint density at radius 3 is 3.00 bits per heavy atom. The summed E-state index contributed by atoms with van der Waals surface area (Å²) < 4.78 is 13.1. The lowest BCUT2D eigenvalue weighted by Gasteiger charge is -2.19. The number of hydrogen-bond donors (Lipinski definition) is 0. The van der Waals surface area contributed by atoms with Crippen molar-refractivity contribution in [2.75, 3.05) is 6.61 Å². The van der Waals surface area contributed by atoms with E-state index in [1.807, 2.05) is 23.9 Å². The van der Waals surface area contributed by atoms with Crippen molar-refractivity contribution in [1.29, 1.82) is 0 Å². The summed E-state index contributed by atoms with van der Waals surface area (Å²) in [4.78, 5) is 4.53. The van der Waals surface area contributed by atoms with Gasteiger partial charge in [-0.05, 0) is 31.7 Å². The molecule has 21 heavy (non-hydrogen) atoms. The molecule has 3 rings (SSSR count). The van der Waals surface area contributed by atoms with Crippen LogP contribution in [-0.4, -0.2) is 26.5 Å². The number of nitrogens with zero attached hydrogens (tertiary/aromatic N) is 4. The van der Waals surface area contributed by atoms with Crippen molar-refractivity contribution >= 4 is 0 Å². The number of hydrogen-bond acceptors (Lipinski definition) is 5. The molecule has 1 aliphatic rings. The van der Waals surface area contributed by atoms with E-state index in [4.69, 9.17) is 9.26 Å². The van der Waals surface area contributed by atoms with E-state index in [-0.39, 0.29) is 6.10 Å². The molecule has 114 valence electrons. The Balaban J connectivity index is 1.63. The van der Waals surface area contributed by atoms with Crippen molar-refractivity contribution < 1.29 is 9.26 Å². The highest BCUT2D eigenvalue weighted by Gasteiger charge is 2.30. The van der Waals surface area contributed by atoms with E-state index in [0.717, 1.165) is 6.54 Å². The minimum Gasteiger partial charge on any atom is -0.370 e. The van der Waals surface area contributed by atoms with E-state index in [0.29, 0.717) is 30.7 Å². The first kappa shape index (κ1) is 14.3. The van der Waals surface area contributed by atoms with Gasteiger partial charge in [0.05, 0.1) is 0 Å². The molecule has 6 heteroatoms. The number of aryl methyl sites for hydroxylation is 2. The zero-order valence-electron chi connectivity index (χ0n) is 12.4. The van der Waals surface area contributed by atoms with Gasteiger partial charge in [0.25, 0.3) is 0 Å². The third-order valence-electron chi connectivity index (χ3n) is 4.03. The summed E-state index contributed by atoms with van der Waals surface area (Å²) in [5.41, 5.74) is 0. The Labute approximate surface area is 124 Å². The minimum absolute atomic E-state index is 0.0142. The molecule has 1 unspecified atom stereocenters. The summed E-state index contributed by atoms with van der Waals surface area (Å²) in [6.45, 7) is 3.44. The van der Waals surface area contributed by atoms with Gasteiger partial charge in [0.2, 0.25) is 11.7 Å². The second kappa shape index (κ2) is 6.85. The Morgan fingerprint density at radius 1 is 1.43 bits per heavy atom. The second-order valence-corrected chi connectivity index (χ2v) is 5.49. The first-order chi connectivity index (χ1) is 10.4. The first-order valence-electron chi connectivity index (χ1n) is 7.78. The van der Waals surface area contributed by atoms with E-state index in [1.165, 1.54) is 25.7 Å². The summed E-state index contributed by atoms with van der Waals surface area (Å²) in [7, 11) is 0. The lowest BCUT2D eigenvalue weighted by Crippen LogP contribution is -2.15. The van der Waals surface area contributed by atoms with Gasteiger partial charge >= 0.3 is 0 Å². The lowest BCUT2D eigenvalue weighted by atomic mass is 10.0. The van der Waals surface area contributed by atoms with Crippen molar-refractivity contribution in [3.8, 4) is 0 Å². The van der Waals surface area contributed by atoms with Crippen molar-refractivity contribution in [1.82, 2.24) is 19.9 Å². The molecule has 2 heterocycles. The van der Waals surface area contributed by atoms with Gasteiger partial charge < -0.3 is 9.26 Å². The predicted octanol–water partition coefficient (Wildman–Crippen LogP) is 2.78. The number of ether oxygens (including phenoxy) is 1. The molecule has 2 aromatic heterocycles. The molecule has 6 nitrogen and oxygen atoms in total. The quantitative estimate of drug-likeness (QED) is 0.784. The normalized spacial score (nSPS) is 17.4. The third kappa shape index (κ3) is 3.50. The molecule has 2 aromatic rings. The fraction of sp³-hybridized carbons (Fsp3) is 0.667. The van der Waals surface area contributed by atoms with Crippen LogP contribution in [0.4, 0.5) is 0 Å². The zero-order chi connectivity index (χ0) is 14.5. The molecule has 0 aromatic carbocycles. The standard InChI is InChI=1S/C15H22N4O2/c1-2-20-14(12-6-3-4-7-12)15-17-13(21-18-15)8-11-19-10-5-9-16-19/h5,9-10,12,14H,2-4,6-8,11H2,1H3. The Morgan fingerprint density at radius 2 is 2.29 bits per heavy atom. The molecule has 0 amide bonds. The van der Waals surface area contributed by atoms with Gasteiger partial charge in [0.15, 0.2) is 0 Å². The van der Waals surface area contributed by atoms with Gasteiger partial charge in [-0.15, -0.1) is 0 Å². The van der Waals surface area contributed by atoms with E-state index in [9.17, 15) is 0 Å². The average Bonchev–Trinajstić information content (AvgIpc) is 3.24. The molecule has 1 aliphatic carbocycles. The second-order valence-electron chi connectivity index (χ2n) is 5.49. The molecule has 1 saturated carbocycles. The van der Waals surface area contributed by atoms with Crippen LogP contribution in [0.1, 0.15) is 50.4 Å². The maximum atomic E-state index is 5.87. The molecule has 1 atom stereocenters. The first-order valence-corrected chi connectivity index (χ1v) is 7.78. The number of rotatable bonds is 7. The van der Waals surface area contributed by atoms with Crippen LogP contribution in [-0.2, 0) is 17.7 Å². The third-order valence-corrected chi connectivity index (χ3v) is 4.03. The Bertz CT molecular complexity index is 532. The molecular weight excluding hydrogens is 268 g/mol. The van der Waals surface area contributed by atoms with Gasteiger partial charge in [0, 0.05) is 32.0 Å². The smallest absolute Gasteiger partial charge is 0.228 e. The van der Waals surface area contributed by atoms with Crippen molar-refractivity contribution in [2.45, 2.75) is 51.7 Å². The van der Waals surface area contributed by atoms with Gasteiger partial charge in [-0.1, -0.05) is 18.0 Å². The molecule has 0 aliphatic heterocycles. The van der Waals surface area contributed by atoms with Gasteiger partial charge in [0.1, 0.15) is 6.10 Å². The van der Waals surface area contributed by atoms with E-state index in [1.54, 1.807) is 6.20 Å². The Kier molecular flexibility index (Phi) is 4.65. The van der Waals surface area contributed by atoms with Crippen molar-refractivity contribution in [2.24, 2.45) is 5.92 Å². The average molecular weight is 290 g/mol. The molecule has 0 radical (unpaired) electrons. The van der Waals surface area contributed by atoms with Crippen LogP contribution in [0, 0.1) is 5.92 Å². The van der Waals surface area contributed by atoms with Crippen LogP contribution in [0.25, 0.3) is 0 Å². The van der Waals surface area contributed by atoms with E-state index >= 15 is 0 Å². The van der Waals surface area contributed by atoms with E-state index < -0.39 is 0 Å². The lowest BCUT2D eigenvalue weighted by molar-refractivity contribution is 0.0127. The fourth-order valence-electron chi connectivity index (χ4n) is 2.99.